The number of nitrogens with one attached hydrogen (secondary N) is 2. The minimum absolute atomic E-state index is 0.0461. The monoisotopic (exact) mass is 573 g/mol. The van der Waals surface area contributed by atoms with E-state index in [0.29, 0.717) is 33.6 Å². The third-order valence-electron chi connectivity index (χ3n) is 6.72. The standard InChI is InChI=1S/C29H27N5O6S/c1-17-14-18(8-10-21(17)31-26(35)16-38-2)33-28(27(32-29(33)41)22-6-4-5-13-30-22)24-12-11-23(40-24)20-9-7-19(34(36)37)15-25(20)39-3/h4-15,27-28H,16H2,1-3H3,(H,31,35)(H,32,41)/t27-,28-/m0/s1. The molecule has 1 fully saturated rings. The average molecular weight is 574 g/mol. The SMILES string of the molecule is COCC(=O)Nc1ccc(N2C(=S)N[C@@H](c3ccccn3)[C@@H]2c2ccc(-c3ccc([N+](=O)[O-])cc3OC)o2)cc1C. The van der Waals surface area contributed by atoms with E-state index >= 15 is 0 Å². The number of carbonyl (C=O) groups excluding carboxylic acids is 1. The van der Waals surface area contributed by atoms with E-state index in [0.717, 1.165) is 16.9 Å². The molecule has 0 spiro atoms. The number of carbonyl (C=O) groups is 1. The maximum atomic E-state index is 12.1. The number of anilines is 2. The summed E-state index contributed by atoms with van der Waals surface area (Å²) in [5.41, 5.74) is 3.56. The first kappa shape index (κ1) is 27.7. The molecule has 2 aromatic carbocycles. The summed E-state index contributed by atoms with van der Waals surface area (Å²) in [7, 11) is 2.92. The lowest BCUT2D eigenvalue weighted by Crippen LogP contribution is -2.29. The molecule has 0 saturated carbocycles. The molecule has 1 saturated heterocycles. The minimum atomic E-state index is -0.476. The highest BCUT2D eigenvalue weighted by Crippen LogP contribution is 2.44. The summed E-state index contributed by atoms with van der Waals surface area (Å²) in [6, 6.07) is 18.6. The molecular weight excluding hydrogens is 546 g/mol. The van der Waals surface area contributed by atoms with Gasteiger partial charge in [0.2, 0.25) is 5.91 Å². The van der Waals surface area contributed by atoms with Crippen molar-refractivity contribution in [2.45, 2.75) is 19.0 Å². The molecule has 0 radical (unpaired) electrons. The van der Waals surface area contributed by atoms with E-state index in [1.807, 2.05) is 54.3 Å². The number of rotatable bonds is 9. The molecule has 0 bridgehead atoms. The quantitative estimate of drug-likeness (QED) is 0.154. The van der Waals surface area contributed by atoms with E-state index < -0.39 is 11.0 Å². The number of pyridine rings is 1. The second kappa shape index (κ2) is 11.7. The first-order chi connectivity index (χ1) is 19.8. The van der Waals surface area contributed by atoms with Crippen LogP contribution in [0.5, 0.6) is 5.75 Å². The summed E-state index contributed by atoms with van der Waals surface area (Å²) < 4.78 is 16.7. The van der Waals surface area contributed by atoms with Gasteiger partial charge >= 0.3 is 0 Å². The molecule has 5 rings (SSSR count). The summed E-state index contributed by atoms with van der Waals surface area (Å²) in [4.78, 5) is 29.4. The van der Waals surface area contributed by atoms with Crippen LogP contribution in [0.2, 0.25) is 0 Å². The number of benzene rings is 2. The van der Waals surface area contributed by atoms with Crippen molar-refractivity contribution < 1.29 is 23.6 Å². The number of nitro benzene ring substituents is 1. The molecule has 11 nitrogen and oxygen atoms in total. The number of hydrogen-bond donors (Lipinski definition) is 2. The molecule has 0 aliphatic carbocycles. The first-order valence-corrected chi connectivity index (χ1v) is 13.0. The Labute approximate surface area is 241 Å². The Hall–Kier alpha value is -4.81. The molecule has 41 heavy (non-hydrogen) atoms. The Morgan fingerprint density at radius 1 is 1.17 bits per heavy atom. The molecule has 12 heteroatoms. The molecule has 4 aromatic rings. The van der Waals surface area contributed by atoms with Crippen molar-refractivity contribution in [3.8, 4) is 17.1 Å². The number of methoxy groups -OCH3 is 2. The van der Waals surface area contributed by atoms with Gasteiger partial charge in [-0.15, -0.1) is 0 Å². The van der Waals surface area contributed by atoms with Crippen LogP contribution < -0.4 is 20.3 Å². The highest BCUT2D eigenvalue weighted by atomic mass is 32.1. The minimum Gasteiger partial charge on any atom is -0.496 e. The topological polar surface area (TPSA) is 132 Å². The number of non-ortho nitro benzene ring substituents is 1. The third-order valence-corrected chi connectivity index (χ3v) is 7.03. The third kappa shape index (κ3) is 5.60. The zero-order valence-electron chi connectivity index (χ0n) is 22.5. The number of nitro groups is 1. The van der Waals surface area contributed by atoms with Crippen molar-refractivity contribution >= 4 is 40.3 Å². The van der Waals surface area contributed by atoms with E-state index in [1.54, 1.807) is 18.3 Å². The molecule has 210 valence electrons. The Morgan fingerprint density at radius 3 is 2.68 bits per heavy atom. The number of ether oxygens (including phenoxy) is 2. The largest absolute Gasteiger partial charge is 0.496 e. The van der Waals surface area contributed by atoms with Gasteiger partial charge in [0, 0.05) is 30.7 Å². The van der Waals surface area contributed by atoms with Gasteiger partial charge in [-0.05, 0) is 73.2 Å². The molecular formula is C29H27N5O6S. The van der Waals surface area contributed by atoms with Gasteiger partial charge in [0.15, 0.2) is 5.11 Å². The highest BCUT2D eigenvalue weighted by Gasteiger charge is 2.42. The van der Waals surface area contributed by atoms with Crippen molar-refractivity contribution in [1.29, 1.82) is 0 Å². The molecule has 2 aromatic heterocycles. The van der Waals surface area contributed by atoms with E-state index in [1.165, 1.54) is 26.4 Å². The molecule has 2 atom stereocenters. The number of aromatic nitrogens is 1. The van der Waals surface area contributed by atoms with Gasteiger partial charge in [-0.25, -0.2) is 0 Å². The van der Waals surface area contributed by atoms with Crippen molar-refractivity contribution in [3.63, 3.8) is 0 Å². The summed E-state index contributed by atoms with van der Waals surface area (Å²) in [6.45, 7) is 1.85. The van der Waals surface area contributed by atoms with Crippen molar-refractivity contribution in [1.82, 2.24) is 10.3 Å². The fourth-order valence-electron chi connectivity index (χ4n) is 4.83. The number of nitrogens with zero attached hydrogens (tertiary/aromatic N) is 3. The van der Waals surface area contributed by atoms with E-state index in [-0.39, 0.29) is 24.2 Å². The second-order valence-corrected chi connectivity index (χ2v) is 9.71. The summed E-state index contributed by atoms with van der Waals surface area (Å²) in [6.07, 6.45) is 1.72. The molecule has 3 heterocycles. The molecule has 2 N–H and O–H groups in total. The zero-order chi connectivity index (χ0) is 29.1. The van der Waals surface area contributed by atoms with Gasteiger partial charge in [0.1, 0.15) is 29.9 Å². The summed E-state index contributed by atoms with van der Waals surface area (Å²) in [5, 5.41) is 18.0. The lowest BCUT2D eigenvalue weighted by molar-refractivity contribution is -0.384. The fourth-order valence-corrected chi connectivity index (χ4v) is 5.18. The predicted molar refractivity (Wildman–Crippen MR) is 157 cm³/mol. The van der Waals surface area contributed by atoms with Crippen molar-refractivity contribution in [2.24, 2.45) is 0 Å². The van der Waals surface area contributed by atoms with Gasteiger partial charge in [-0.3, -0.25) is 19.9 Å². The Kier molecular flexibility index (Phi) is 7.95. The maximum absolute atomic E-state index is 12.1. The summed E-state index contributed by atoms with van der Waals surface area (Å²) in [5.74, 6) is 1.15. The maximum Gasteiger partial charge on any atom is 0.273 e. The van der Waals surface area contributed by atoms with Crippen LogP contribution >= 0.6 is 12.2 Å². The van der Waals surface area contributed by atoms with E-state index in [9.17, 15) is 14.9 Å². The normalized spacial score (nSPS) is 16.4. The zero-order valence-corrected chi connectivity index (χ0v) is 23.3. The lowest BCUT2D eigenvalue weighted by Gasteiger charge is -2.27. The number of hydrogen-bond acceptors (Lipinski definition) is 8. The van der Waals surface area contributed by atoms with E-state index in [4.69, 9.17) is 26.1 Å². The number of thiocarbonyl (C=S) groups is 1. The number of furan rings is 1. The van der Waals surface area contributed by atoms with Gasteiger partial charge < -0.3 is 29.4 Å². The predicted octanol–water partition coefficient (Wildman–Crippen LogP) is 5.33. The molecule has 0 unspecified atom stereocenters. The van der Waals surface area contributed by atoms with Crippen LogP contribution in [0.25, 0.3) is 11.3 Å². The number of amides is 1. The van der Waals surface area contributed by atoms with Gasteiger partial charge in [-0.1, -0.05) is 6.07 Å². The smallest absolute Gasteiger partial charge is 0.273 e. The molecule has 1 amide bonds. The van der Waals surface area contributed by atoms with E-state index in [2.05, 4.69) is 15.6 Å². The Morgan fingerprint density at radius 2 is 2.00 bits per heavy atom. The van der Waals surface area contributed by atoms with Crippen LogP contribution in [0, 0.1) is 17.0 Å². The Bertz CT molecular complexity index is 1610. The van der Waals surface area contributed by atoms with Crippen LogP contribution in [-0.2, 0) is 9.53 Å². The second-order valence-electron chi connectivity index (χ2n) is 9.32. The van der Waals surface area contributed by atoms with Crippen molar-refractivity contribution in [2.75, 3.05) is 31.0 Å². The Balaban J connectivity index is 1.55. The van der Waals surface area contributed by atoms with Crippen LogP contribution in [0.4, 0.5) is 17.1 Å². The van der Waals surface area contributed by atoms with Crippen molar-refractivity contribution in [3.05, 3.63) is 100 Å². The van der Waals surface area contributed by atoms with Gasteiger partial charge in [-0.2, -0.15) is 0 Å². The van der Waals surface area contributed by atoms with Gasteiger partial charge in [0.25, 0.3) is 5.69 Å². The van der Waals surface area contributed by atoms with Crippen LogP contribution in [0.1, 0.15) is 29.1 Å². The molecule has 1 aliphatic heterocycles. The molecule has 1 aliphatic rings. The number of aryl methyl sites for hydroxylation is 1. The fraction of sp³-hybridized carbons (Fsp3) is 0.207. The van der Waals surface area contributed by atoms with Gasteiger partial charge in [0.05, 0.1) is 35.4 Å². The average Bonchev–Trinajstić information content (AvgIpc) is 3.59. The first-order valence-electron chi connectivity index (χ1n) is 12.6. The van der Waals surface area contributed by atoms with Crippen LogP contribution in [0.3, 0.4) is 0 Å². The highest BCUT2D eigenvalue weighted by molar-refractivity contribution is 7.80. The van der Waals surface area contributed by atoms with Crippen LogP contribution in [0.15, 0.2) is 77.3 Å². The lowest BCUT2D eigenvalue weighted by atomic mass is 10.0. The van der Waals surface area contributed by atoms with Crippen LogP contribution in [-0.4, -0.2) is 41.8 Å². The summed E-state index contributed by atoms with van der Waals surface area (Å²) >= 11 is 5.81.